The van der Waals surface area contributed by atoms with Gasteiger partial charge in [0.05, 0.1) is 18.8 Å². The molecule has 4 heteroatoms. The summed E-state index contributed by atoms with van der Waals surface area (Å²) in [7, 11) is 4.24. The maximum Gasteiger partial charge on any atom is 0.0720 e. The van der Waals surface area contributed by atoms with Gasteiger partial charge >= 0.3 is 0 Å². The average Bonchev–Trinajstić information content (AvgIpc) is 2.94. The van der Waals surface area contributed by atoms with Crippen molar-refractivity contribution >= 4 is 0 Å². The molecule has 43 heavy (non-hydrogen) atoms. The van der Waals surface area contributed by atoms with E-state index in [-0.39, 0.29) is 51.8 Å². The van der Waals surface area contributed by atoms with Crippen molar-refractivity contribution in [3.8, 4) is 0 Å². The molecule has 4 nitrogen and oxygen atoms in total. The Morgan fingerprint density at radius 2 is 1.56 bits per heavy atom. The average molecular weight is 592 g/mol. The van der Waals surface area contributed by atoms with E-state index in [1.807, 2.05) is 0 Å². The number of benzene rings is 1. The molecule has 0 heterocycles. The zero-order valence-corrected chi connectivity index (χ0v) is 28.6. The van der Waals surface area contributed by atoms with Crippen molar-refractivity contribution in [1.82, 2.24) is 4.90 Å². The second kappa shape index (κ2) is 11.0. The molecular weight excluding hydrogens is 530 g/mol. The number of ether oxygens (including phenoxy) is 1. The standard InChI is InChI=1S/C39H61NO3/c1-35(2)21-31-30-13-14-33-36(3)17-16-32(42)28(24-41)29(36)15-18-39(33,6)38(30,5)20-19-37(31,4)34(22-35)43-25-27-11-9-26(10-12-27)23-40(7)8/h9-13,28-29,31-34,41-42H,14-25H2,1-8H3/t28?,29?,31?,32?,33?,34?,36?,37?,38-,39?/m1/s1. The lowest BCUT2D eigenvalue weighted by molar-refractivity contribution is -0.198. The van der Waals surface area contributed by atoms with Crippen LogP contribution in [0.3, 0.4) is 0 Å². The van der Waals surface area contributed by atoms with E-state index in [1.54, 1.807) is 5.57 Å². The summed E-state index contributed by atoms with van der Waals surface area (Å²) < 4.78 is 6.98. The molecule has 10 atom stereocenters. The van der Waals surface area contributed by atoms with Gasteiger partial charge in [0, 0.05) is 24.5 Å². The van der Waals surface area contributed by atoms with Crippen molar-refractivity contribution in [2.45, 2.75) is 125 Å². The lowest BCUT2D eigenvalue weighted by atomic mass is 9.34. The van der Waals surface area contributed by atoms with E-state index in [9.17, 15) is 10.2 Å². The van der Waals surface area contributed by atoms with Gasteiger partial charge in [-0.15, -0.1) is 0 Å². The fourth-order valence-corrected chi connectivity index (χ4v) is 11.8. The van der Waals surface area contributed by atoms with Gasteiger partial charge in [0.25, 0.3) is 0 Å². The molecule has 0 spiro atoms. The van der Waals surface area contributed by atoms with Gasteiger partial charge in [0.15, 0.2) is 0 Å². The second-order valence-electron chi connectivity index (χ2n) is 17.8. The molecule has 0 aliphatic heterocycles. The SMILES string of the molecule is CN(C)Cc1ccc(COC2CC(C)(C)CC3C4=CCC5C6(C)CCC(O)C(CO)C6CCC5(C)[C@]4(C)CCC23C)cc1. The van der Waals surface area contributed by atoms with E-state index >= 15 is 0 Å². The summed E-state index contributed by atoms with van der Waals surface area (Å²) in [6.07, 6.45) is 12.9. The number of hydrogen-bond donors (Lipinski definition) is 2. The quantitative estimate of drug-likeness (QED) is 0.329. The van der Waals surface area contributed by atoms with Gasteiger partial charge in [-0.05, 0) is 122 Å². The molecule has 9 unspecified atom stereocenters. The van der Waals surface area contributed by atoms with Crippen LogP contribution in [0.2, 0.25) is 0 Å². The maximum absolute atomic E-state index is 10.8. The van der Waals surface area contributed by atoms with Crippen LogP contribution in [0.15, 0.2) is 35.9 Å². The Balaban J connectivity index is 1.28. The highest BCUT2D eigenvalue weighted by Gasteiger charge is 2.67. The van der Waals surface area contributed by atoms with E-state index in [2.05, 4.69) is 90.9 Å². The Labute approximate surface area is 262 Å². The number of aliphatic hydroxyl groups is 2. The normalized spacial score (nSPS) is 45.4. The van der Waals surface area contributed by atoms with Crippen LogP contribution in [-0.2, 0) is 17.9 Å². The maximum atomic E-state index is 10.8. The summed E-state index contributed by atoms with van der Waals surface area (Å²) in [5, 5.41) is 21.1. The summed E-state index contributed by atoms with van der Waals surface area (Å²) in [5.74, 6) is 1.63. The first-order valence-electron chi connectivity index (χ1n) is 17.5. The summed E-state index contributed by atoms with van der Waals surface area (Å²) >= 11 is 0. The zero-order valence-electron chi connectivity index (χ0n) is 28.6. The molecule has 0 bridgehead atoms. The van der Waals surface area contributed by atoms with Crippen molar-refractivity contribution in [2.75, 3.05) is 20.7 Å². The molecule has 4 fully saturated rings. The van der Waals surface area contributed by atoms with Crippen LogP contribution in [0, 0.1) is 50.7 Å². The lowest BCUT2D eigenvalue weighted by Gasteiger charge is -2.70. The molecular formula is C39H61NO3. The first-order chi connectivity index (χ1) is 20.2. The number of fused-ring (bicyclic) bond motifs is 7. The highest BCUT2D eigenvalue weighted by atomic mass is 16.5. The second-order valence-corrected chi connectivity index (χ2v) is 17.8. The minimum absolute atomic E-state index is 0.0392. The van der Waals surface area contributed by atoms with Gasteiger partial charge in [-0.3, -0.25) is 0 Å². The molecule has 6 rings (SSSR count). The Bertz CT molecular complexity index is 1210. The fourth-order valence-electron chi connectivity index (χ4n) is 11.8. The van der Waals surface area contributed by atoms with Crippen LogP contribution in [0.5, 0.6) is 0 Å². The van der Waals surface area contributed by atoms with Gasteiger partial charge in [-0.1, -0.05) is 77.5 Å². The summed E-state index contributed by atoms with van der Waals surface area (Å²) in [6, 6.07) is 9.04. The third kappa shape index (κ3) is 5.00. The minimum Gasteiger partial charge on any atom is -0.396 e. The molecule has 0 amide bonds. The van der Waals surface area contributed by atoms with Crippen LogP contribution in [0.25, 0.3) is 0 Å². The fraction of sp³-hybridized carbons (Fsp3) is 0.795. The van der Waals surface area contributed by atoms with Crippen molar-refractivity contribution in [3.05, 3.63) is 47.0 Å². The first-order valence-corrected chi connectivity index (χ1v) is 17.5. The van der Waals surface area contributed by atoms with E-state index in [0.29, 0.717) is 24.4 Å². The Hall–Kier alpha value is -1.20. The topological polar surface area (TPSA) is 52.9 Å². The zero-order chi connectivity index (χ0) is 31.0. The van der Waals surface area contributed by atoms with Crippen molar-refractivity contribution < 1.29 is 14.9 Å². The van der Waals surface area contributed by atoms with Crippen LogP contribution in [0.4, 0.5) is 0 Å². The molecule has 1 aromatic rings. The number of rotatable bonds is 6. The van der Waals surface area contributed by atoms with Crippen molar-refractivity contribution in [3.63, 3.8) is 0 Å². The number of hydrogen-bond acceptors (Lipinski definition) is 4. The first kappa shape index (κ1) is 31.8. The largest absolute Gasteiger partial charge is 0.396 e. The molecule has 240 valence electrons. The van der Waals surface area contributed by atoms with Crippen LogP contribution in [0.1, 0.15) is 110 Å². The highest BCUT2D eigenvalue weighted by Crippen LogP contribution is 2.75. The smallest absolute Gasteiger partial charge is 0.0720 e. The molecule has 0 radical (unpaired) electrons. The monoisotopic (exact) mass is 591 g/mol. The van der Waals surface area contributed by atoms with Crippen molar-refractivity contribution in [2.24, 2.45) is 50.7 Å². The molecule has 4 saturated carbocycles. The van der Waals surface area contributed by atoms with E-state index in [0.717, 1.165) is 38.6 Å². The van der Waals surface area contributed by atoms with E-state index < -0.39 is 0 Å². The molecule has 5 aliphatic rings. The van der Waals surface area contributed by atoms with Crippen LogP contribution >= 0.6 is 0 Å². The van der Waals surface area contributed by atoms with Gasteiger partial charge in [-0.2, -0.15) is 0 Å². The Morgan fingerprint density at radius 1 is 0.860 bits per heavy atom. The predicted molar refractivity (Wildman–Crippen MR) is 175 cm³/mol. The highest BCUT2D eigenvalue weighted by molar-refractivity contribution is 5.34. The number of allylic oxidation sites excluding steroid dienone is 2. The number of nitrogens with zero attached hydrogens (tertiary/aromatic N) is 1. The molecule has 5 aliphatic carbocycles. The number of aliphatic hydroxyl groups excluding tert-OH is 2. The third-order valence-corrected chi connectivity index (χ3v) is 14.6. The van der Waals surface area contributed by atoms with Crippen molar-refractivity contribution in [1.29, 1.82) is 0 Å². The third-order valence-electron chi connectivity index (χ3n) is 14.6. The van der Waals surface area contributed by atoms with Gasteiger partial charge in [-0.25, -0.2) is 0 Å². The minimum atomic E-state index is -0.342. The van der Waals surface area contributed by atoms with E-state index in [1.165, 1.54) is 36.8 Å². The van der Waals surface area contributed by atoms with Gasteiger partial charge in [0.1, 0.15) is 0 Å². The Morgan fingerprint density at radius 3 is 2.23 bits per heavy atom. The molecule has 2 N–H and O–H groups in total. The summed E-state index contributed by atoms with van der Waals surface area (Å²) in [5.41, 5.74) is 5.42. The molecule has 1 aromatic carbocycles. The van der Waals surface area contributed by atoms with Gasteiger partial charge in [0.2, 0.25) is 0 Å². The van der Waals surface area contributed by atoms with Crippen LogP contribution < -0.4 is 0 Å². The molecule has 0 saturated heterocycles. The summed E-state index contributed by atoms with van der Waals surface area (Å²) in [6.45, 7) is 17.1. The summed E-state index contributed by atoms with van der Waals surface area (Å²) in [4.78, 5) is 2.22. The van der Waals surface area contributed by atoms with E-state index in [4.69, 9.17) is 4.74 Å². The molecule has 0 aromatic heterocycles. The van der Waals surface area contributed by atoms with Crippen LogP contribution in [-0.4, -0.2) is 48.0 Å². The lowest BCUT2D eigenvalue weighted by Crippen LogP contribution is -2.64. The Kier molecular flexibility index (Phi) is 8.10. The predicted octanol–water partition coefficient (Wildman–Crippen LogP) is 8.01. The van der Waals surface area contributed by atoms with Gasteiger partial charge < -0.3 is 19.8 Å².